The lowest BCUT2D eigenvalue weighted by molar-refractivity contribution is -0.140. The van der Waals surface area contributed by atoms with Crippen LogP contribution in [0.4, 0.5) is 0 Å². The number of methoxy groups -OCH3 is 1. The van der Waals surface area contributed by atoms with Crippen LogP contribution in [0.25, 0.3) is 0 Å². The van der Waals surface area contributed by atoms with Gasteiger partial charge in [0.25, 0.3) is 0 Å². The van der Waals surface area contributed by atoms with Gasteiger partial charge in [0.2, 0.25) is 0 Å². The molecule has 0 saturated heterocycles. The van der Waals surface area contributed by atoms with Gasteiger partial charge in [0.15, 0.2) is 0 Å². The van der Waals surface area contributed by atoms with E-state index in [0.717, 1.165) is 19.3 Å². The smallest absolute Gasteiger partial charge is 0.318 e. The first-order chi connectivity index (χ1) is 6.76. The molecule has 1 atom stereocenters. The number of rotatable bonds is 7. The maximum Gasteiger partial charge on any atom is 0.318 e. The molecule has 1 unspecified atom stereocenters. The van der Waals surface area contributed by atoms with Crippen molar-refractivity contribution in [3.63, 3.8) is 0 Å². The second-order valence-electron chi connectivity index (χ2n) is 2.83. The number of hydrogen-bond acceptors (Lipinski definition) is 4. The van der Waals surface area contributed by atoms with Crippen LogP contribution < -0.4 is 0 Å². The molecule has 0 bridgehead atoms. The van der Waals surface area contributed by atoms with E-state index in [0.29, 0.717) is 0 Å². The van der Waals surface area contributed by atoms with E-state index in [4.69, 9.17) is 5.11 Å². The van der Waals surface area contributed by atoms with Gasteiger partial charge in [-0.05, 0) is 25.5 Å². The summed E-state index contributed by atoms with van der Waals surface area (Å²) in [6.07, 6.45) is 8.21. The number of aliphatic hydroxyl groups excluding tert-OH is 1. The van der Waals surface area contributed by atoms with Crippen LogP contribution in [0.2, 0.25) is 0 Å². The number of hydrogen-bond donors (Lipinski definition) is 1. The van der Waals surface area contributed by atoms with Gasteiger partial charge in [0.1, 0.15) is 5.25 Å². The molecular formula is C10H18O3S. The molecule has 82 valence electrons. The monoisotopic (exact) mass is 218 g/mol. The summed E-state index contributed by atoms with van der Waals surface area (Å²) in [5, 5.41) is 8.43. The number of aliphatic hydroxyl groups is 1. The standard InChI is InChI=1S/C10H18O3S/c1-13-10(12)9(14-2)7-5-3-4-6-8-11/h4,6,9,11H,3,5,7-8H2,1-2H3/b6-4+. The Morgan fingerprint density at radius 1 is 1.57 bits per heavy atom. The molecule has 0 aromatic heterocycles. The van der Waals surface area contributed by atoms with Gasteiger partial charge >= 0.3 is 5.97 Å². The van der Waals surface area contributed by atoms with Crippen LogP contribution >= 0.6 is 11.8 Å². The Bertz CT molecular complexity index is 180. The second-order valence-corrected chi connectivity index (χ2v) is 3.87. The zero-order valence-corrected chi connectivity index (χ0v) is 9.55. The number of carbonyl (C=O) groups is 1. The summed E-state index contributed by atoms with van der Waals surface area (Å²) in [6.45, 7) is 0.0863. The first-order valence-corrected chi connectivity index (χ1v) is 5.91. The summed E-state index contributed by atoms with van der Waals surface area (Å²) >= 11 is 1.52. The van der Waals surface area contributed by atoms with Crippen molar-refractivity contribution in [3.05, 3.63) is 12.2 Å². The molecule has 14 heavy (non-hydrogen) atoms. The number of ether oxygens (including phenoxy) is 1. The summed E-state index contributed by atoms with van der Waals surface area (Å²) in [6, 6.07) is 0. The van der Waals surface area contributed by atoms with Crippen molar-refractivity contribution in [2.75, 3.05) is 20.0 Å². The Kier molecular flexibility index (Phi) is 8.78. The third kappa shape index (κ3) is 6.05. The maximum atomic E-state index is 11.2. The minimum Gasteiger partial charge on any atom is -0.468 e. The Labute approximate surface area is 89.5 Å². The van der Waals surface area contributed by atoms with Crippen LogP contribution in [0.5, 0.6) is 0 Å². The summed E-state index contributed by atoms with van der Waals surface area (Å²) < 4.78 is 4.66. The first kappa shape index (κ1) is 13.5. The maximum absolute atomic E-state index is 11.2. The Balaban J connectivity index is 3.62. The van der Waals surface area contributed by atoms with E-state index in [2.05, 4.69) is 4.74 Å². The van der Waals surface area contributed by atoms with E-state index in [-0.39, 0.29) is 17.8 Å². The minimum atomic E-state index is -0.149. The fraction of sp³-hybridized carbons (Fsp3) is 0.700. The van der Waals surface area contributed by atoms with Crippen molar-refractivity contribution in [2.45, 2.75) is 24.5 Å². The van der Waals surface area contributed by atoms with Crippen LogP contribution in [0, 0.1) is 0 Å². The molecule has 0 radical (unpaired) electrons. The number of allylic oxidation sites excluding steroid dienone is 1. The molecule has 4 heteroatoms. The average molecular weight is 218 g/mol. The van der Waals surface area contributed by atoms with Crippen LogP contribution in [0.3, 0.4) is 0 Å². The van der Waals surface area contributed by atoms with Gasteiger partial charge in [-0.3, -0.25) is 4.79 Å². The largest absolute Gasteiger partial charge is 0.468 e. The SMILES string of the molecule is COC(=O)C(CCC/C=C/CO)SC. The molecule has 0 aliphatic carbocycles. The molecule has 0 aliphatic rings. The van der Waals surface area contributed by atoms with Crippen molar-refractivity contribution >= 4 is 17.7 Å². The summed E-state index contributed by atoms with van der Waals surface area (Å²) in [4.78, 5) is 11.2. The summed E-state index contributed by atoms with van der Waals surface area (Å²) in [5.74, 6) is -0.149. The lowest BCUT2D eigenvalue weighted by Gasteiger charge is -2.10. The van der Waals surface area contributed by atoms with Crippen LogP contribution in [0.15, 0.2) is 12.2 Å². The van der Waals surface area contributed by atoms with Crippen LogP contribution in [0.1, 0.15) is 19.3 Å². The molecule has 3 nitrogen and oxygen atoms in total. The quantitative estimate of drug-likeness (QED) is 0.400. The van der Waals surface area contributed by atoms with E-state index in [1.165, 1.54) is 18.9 Å². The van der Waals surface area contributed by atoms with Gasteiger partial charge in [-0.2, -0.15) is 11.8 Å². The highest BCUT2D eigenvalue weighted by atomic mass is 32.2. The van der Waals surface area contributed by atoms with Gasteiger partial charge in [-0.15, -0.1) is 0 Å². The highest BCUT2D eigenvalue weighted by Crippen LogP contribution is 2.15. The van der Waals surface area contributed by atoms with E-state index in [9.17, 15) is 4.79 Å². The summed E-state index contributed by atoms with van der Waals surface area (Å²) in [7, 11) is 1.41. The van der Waals surface area contributed by atoms with Gasteiger partial charge in [0, 0.05) is 0 Å². The molecule has 1 N–H and O–H groups in total. The molecule has 0 heterocycles. The van der Waals surface area contributed by atoms with Crippen molar-refractivity contribution in [2.24, 2.45) is 0 Å². The number of thioether (sulfide) groups is 1. The van der Waals surface area contributed by atoms with Gasteiger partial charge in [0.05, 0.1) is 13.7 Å². The molecule has 0 rings (SSSR count). The Hall–Kier alpha value is -0.480. The molecule has 0 aromatic rings. The third-order valence-corrected chi connectivity index (χ3v) is 2.85. The van der Waals surface area contributed by atoms with Gasteiger partial charge < -0.3 is 9.84 Å². The second kappa shape index (κ2) is 9.09. The number of esters is 1. The molecule has 0 amide bonds. The highest BCUT2D eigenvalue weighted by molar-refractivity contribution is 7.99. The first-order valence-electron chi connectivity index (χ1n) is 4.62. The third-order valence-electron chi connectivity index (χ3n) is 1.86. The zero-order valence-electron chi connectivity index (χ0n) is 8.73. The fourth-order valence-electron chi connectivity index (χ4n) is 1.08. The van der Waals surface area contributed by atoms with Crippen molar-refractivity contribution in [3.8, 4) is 0 Å². The normalized spacial score (nSPS) is 13.1. The van der Waals surface area contributed by atoms with Crippen molar-refractivity contribution in [1.29, 1.82) is 0 Å². The highest BCUT2D eigenvalue weighted by Gasteiger charge is 2.16. The molecule has 0 spiro atoms. The average Bonchev–Trinajstić information content (AvgIpc) is 2.22. The molecule has 0 fully saturated rings. The minimum absolute atomic E-state index is 0.0532. The van der Waals surface area contributed by atoms with E-state index in [1.54, 1.807) is 6.08 Å². The predicted molar refractivity (Wildman–Crippen MR) is 59.4 cm³/mol. The van der Waals surface area contributed by atoms with Crippen LogP contribution in [-0.2, 0) is 9.53 Å². The zero-order chi connectivity index (χ0) is 10.8. The van der Waals surface area contributed by atoms with Gasteiger partial charge in [-0.25, -0.2) is 0 Å². The Morgan fingerprint density at radius 2 is 2.29 bits per heavy atom. The van der Waals surface area contributed by atoms with Gasteiger partial charge in [-0.1, -0.05) is 12.2 Å². The van der Waals surface area contributed by atoms with Crippen LogP contribution in [-0.4, -0.2) is 36.3 Å². The molecular weight excluding hydrogens is 200 g/mol. The predicted octanol–water partition coefficient (Wildman–Crippen LogP) is 1.61. The fourth-order valence-corrected chi connectivity index (χ4v) is 1.77. The molecule has 0 aliphatic heterocycles. The lowest BCUT2D eigenvalue weighted by atomic mass is 10.2. The number of carbonyl (C=O) groups excluding carboxylic acids is 1. The van der Waals surface area contributed by atoms with E-state index >= 15 is 0 Å². The Morgan fingerprint density at radius 3 is 2.79 bits per heavy atom. The molecule has 0 saturated carbocycles. The summed E-state index contributed by atoms with van der Waals surface area (Å²) in [5.41, 5.74) is 0. The van der Waals surface area contributed by atoms with Crippen molar-refractivity contribution < 1.29 is 14.6 Å². The van der Waals surface area contributed by atoms with Crippen molar-refractivity contribution in [1.82, 2.24) is 0 Å². The van der Waals surface area contributed by atoms with E-state index < -0.39 is 0 Å². The topological polar surface area (TPSA) is 46.5 Å². The lowest BCUT2D eigenvalue weighted by Crippen LogP contribution is -2.18. The molecule has 0 aromatic carbocycles. The number of unbranched alkanes of at least 4 members (excludes halogenated alkanes) is 1. The van der Waals surface area contributed by atoms with E-state index in [1.807, 2.05) is 12.3 Å².